The molecule has 0 aliphatic rings. The molecule has 0 bridgehead atoms. The van der Waals surface area contributed by atoms with Gasteiger partial charge in [-0.1, -0.05) is 23.2 Å². The van der Waals surface area contributed by atoms with Crippen molar-refractivity contribution < 1.29 is 4.79 Å². The molecule has 1 aromatic carbocycles. The molecular formula is C11H9Cl2N3O. The number of halogens is 2. The van der Waals surface area contributed by atoms with Crippen LogP contribution in [0.2, 0.25) is 10.0 Å². The van der Waals surface area contributed by atoms with Crippen molar-refractivity contribution in [2.75, 3.05) is 0 Å². The zero-order valence-corrected chi connectivity index (χ0v) is 10.2. The first-order valence-electron chi connectivity index (χ1n) is 4.83. The predicted molar refractivity (Wildman–Crippen MR) is 66.9 cm³/mol. The predicted octanol–water partition coefficient (Wildman–Crippen LogP) is 2.34. The molecule has 0 spiro atoms. The van der Waals surface area contributed by atoms with Crippen molar-refractivity contribution in [1.82, 2.24) is 9.55 Å². The van der Waals surface area contributed by atoms with E-state index in [1.165, 1.54) is 0 Å². The van der Waals surface area contributed by atoms with Crippen LogP contribution in [0.5, 0.6) is 0 Å². The third-order valence-corrected chi connectivity index (χ3v) is 2.76. The number of carbonyl (C=O) groups excluding carboxylic acids is 1. The van der Waals surface area contributed by atoms with E-state index in [4.69, 9.17) is 28.9 Å². The van der Waals surface area contributed by atoms with Crippen LogP contribution >= 0.6 is 23.2 Å². The summed E-state index contributed by atoms with van der Waals surface area (Å²) in [5, 5.41) is 1.03. The fourth-order valence-electron chi connectivity index (χ4n) is 1.52. The molecule has 2 aromatic rings. The monoisotopic (exact) mass is 269 g/mol. The summed E-state index contributed by atoms with van der Waals surface area (Å²) in [5.74, 6) is 0.153. The van der Waals surface area contributed by atoms with Crippen LogP contribution in [-0.4, -0.2) is 15.5 Å². The van der Waals surface area contributed by atoms with Crippen LogP contribution in [0.4, 0.5) is 0 Å². The van der Waals surface area contributed by atoms with Crippen molar-refractivity contribution in [3.05, 3.63) is 40.6 Å². The maximum atomic E-state index is 10.9. The first-order chi connectivity index (χ1) is 8.08. The Hall–Kier alpha value is -1.52. The minimum Gasteiger partial charge on any atom is -0.368 e. The number of aromatic nitrogens is 2. The molecule has 0 fully saturated rings. The second-order valence-corrected chi connectivity index (χ2v) is 4.31. The average Bonchev–Trinajstić information content (AvgIpc) is 2.65. The Morgan fingerprint density at radius 1 is 1.41 bits per heavy atom. The van der Waals surface area contributed by atoms with Crippen LogP contribution in [0.3, 0.4) is 0 Å². The molecule has 0 radical (unpaired) electrons. The Morgan fingerprint density at radius 2 is 2.18 bits per heavy atom. The normalized spacial score (nSPS) is 10.5. The lowest BCUT2D eigenvalue weighted by Crippen LogP contribution is -2.18. The van der Waals surface area contributed by atoms with Crippen molar-refractivity contribution in [3.63, 3.8) is 0 Å². The largest absolute Gasteiger partial charge is 0.368 e. The van der Waals surface area contributed by atoms with E-state index in [9.17, 15) is 4.79 Å². The lowest BCUT2D eigenvalue weighted by Gasteiger charge is -2.07. The Kier molecular flexibility index (Phi) is 3.36. The van der Waals surface area contributed by atoms with Gasteiger partial charge in [-0.05, 0) is 18.2 Å². The summed E-state index contributed by atoms with van der Waals surface area (Å²) in [6, 6.07) is 5.10. The number of hydrogen-bond acceptors (Lipinski definition) is 2. The van der Waals surface area contributed by atoms with E-state index in [0.717, 1.165) is 0 Å². The summed E-state index contributed by atoms with van der Waals surface area (Å²) >= 11 is 11.9. The van der Waals surface area contributed by atoms with Gasteiger partial charge in [0.25, 0.3) is 0 Å². The van der Waals surface area contributed by atoms with E-state index in [-0.39, 0.29) is 6.54 Å². The van der Waals surface area contributed by atoms with Crippen LogP contribution < -0.4 is 5.73 Å². The van der Waals surface area contributed by atoms with Gasteiger partial charge in [0, 0.05) is 23.0 Å². The molecule has 6 heteroatoms. The molecule has 0 saturated carbocycles. The van der Waals surface area contributed by atoms with Gasteiger partial charge in [-0.25, -0.2) is 4.98 Å². The quantitative estimate of drug-likeness (QED) is 0.930. The zero-order valence-electron chi connectivity index (χ0n) is 8.73. The number of carbonyl (C=O) groups is 1. The van der Waals surface area contributed by atoms with Crippen molar-refractivity contribution in [2.24, 2.45) is 5.73 Å². The lowest BCUT2D eigenvalue weighted by atomic mass is 10.2. The second kappa shape index (κ2) is 4.77. The number of rotatable bonds is 3. The maximum Gasteiger partial charge on any atom is 0.237 e. The SMILES string of the molecule is NC(=O)Cn1ccnc1-c1ccc(Cl)cc1Cl. The molecular weight excluding hydrogens is 261 g/mol. The minimum absolute atomic E-state index is 0.0638. The fourth-order valence-corrected chi connectivity index (χ4v) is 2.01. The highest BCUT2D eigenvalue weighted by atomic mass is 35.5. The van der Waals surface area contributed by atoms with Gasteiger partial charge >= 0.3 is 0 Å². The molecule has 88 valence electrons. The zero-order chi connectivity index (χ0) is 12.4. The van der Waals surface area contributed by atoms with Gasteiger partial charge in [-0.2, -0.15) is 0 Å². The van der Waals surface area contributed by atoms with E-state index in [1.54, 1.807) is 35.2 Å². The second-order valence-electron chi connectivity index (χ2n) is 3.47. The maximum absolute atomic E-state index is 10.9. The standard InChI is InChI=1S/C11H9Cl2N3O/c12-7-1-2-8(9(13)5-7)11-15-3-4-16(11)6-10(14)17/h1-5H,6H2,(H2,14,17). The number of primary amides is 1. The van der Waals surface area contributed by atoms with E-state index in [0.29, 0.717) is 21.4 Å². The van der Waals surface area contributed by atoms with Crippen molar-refractivity contribution in [1.29, 1.82) is 0 Å². The first-order valence-corrected chi connectivity index (χ1v) is 5.58. The van der Waals surface area contributed by atoms with Gasteiger partial charge < -0.3 is 10.3 Å². The molecule has 1 aromatic heterocycles. The van der Waals surface area contributed by atoms with Gasteiger partial charge in [0.1, 0.15) is 12.4 Å². The molecule has 0 aliphatic heterocycles. The molecule has 0 saturated heterocycles. The molecule has 0 unspecified atom stereocenters. The smallest absolute Gasteiger partial charge is 0.237 e. The molecule has 2 rings (SSSR count). The van der Waals surface area contributed by atoms with Crippen molar-refractivity contribution >= 4 is 29.1 Å². The Bertz CT molecular complexity index is 566. The van der Waals surface area contributed by atoms with Gasteiger partial charge in [-0.3, -0.25) is 4.79 Å². The average molecular weight is 270 g/mol. The Balaban J connectivity index is 2.46. The number of nitrogens with two attached hydrogens (primary N) is 1. The van der Waals surface area contributed by atoms with E-state index in [2.05, 4.69) is 4.98 Å². The fraction of sp³-hybridized carbons (Fsp3) is 0.0909. The van der Waals surface area contributed by atoms with Crippen LogP contribution in [0, 0.1) is 0 Å². The molecule has 2 N–H and O–H groups in total. The van der Waals surface area contributed by atoms with E-state index in [1.807, 2.05) is 0 Å². The number of hydrogen-bond donors (Lipinski definition) is 1. The summed E-state index contributed by atoms with van der Waals surface area (Å²) < 4.78 is 1.64. The van der Waals surface area contributed by atoms with Crippen LogP contribution in [0.25, 0.3) is 11.4 Å². The van der Waals surface area contributed by atoms with Gasteiger partial charge in [0.2, 0.25) is 5.91 Å². The van der Waals surface area contributed by atoms with Crippen LogP contribution in [0.1, 0.15) is 0 Å². The van der Waals surface area contributed by atoms with E-state index >= 15 is 0 Å². The molecule has 0 atom stereocenters. The number of imidazole rings is 1. The molecule has 1 heterocycles. The molecule has 4 nitrogen and oxygen atoms in total. The summed E-state index contributed by atoms with van der Waals surface area (Å²) in [5.41, 5.74) is 5.86. The summed E-state index contributed by atoms with van der Waals surface area (Å²) in [7, 11) is 0. The van der Waals surface area contributed by atoms with Crippen LogP contribution in [0.15, 0.2) is 30.6 Å². The number of nitrogens with zero attached hydrogens (tertiary/aromatic N) is 2. The van der Waals surface area contributed by atoms with Crippen LogP contribution in [-0.2, 0) is 11.3 Å². The lowest BCUT2D eigenvalue weighted by molar-refractivity contribution is -0.118. The topological polar surface area (TPSA) is 60.9 Å². The number of benzene rings is 1. The molecule has 0 aliphatic carbocycles. The summed E-state index contributed by atoms with van der Waals surface area (Å²) in [6.07, 6.45) is 3.26. The molecule has 1 amide bonds. The molecule has 17 heavy (non-hydrogen) atoms. The highest BCUT2D eigenvalue weighted by Gasteiger charge is 2.11. The van der Waals surface area contributed by atoms with Gasteiger partial charge in [0.05, 0.1) is 5.02 Å². The van der Waals surface area contributed by atoms with Gasteiger partial charge in [-0.15, -0.1) is 0 Å². The highest BCUT2D eigenvalue weighted by molar-refractivity contribution is 6.36. The first kappa shape index (κ1) is 12.0. The third-order valence-electron chi connectivity index (χ3n) is 2.21. The Labute approximate surface area is 108 Å². The van der Waals surface area contributed by atoms with Crippen molar-refractivity contribution in [3.8, 4) is 11.4 Å². The summed E-state index contributed by atoms with van der Waals surface area (Å²) in [4.78, 5) is 15.1. The van der Waals surface area contributed by atoms with E-state index < -0.39 is 5.91 Å². The minimum atomic E-state index is -0.436. The Morgan fingerprint density at radius 3 is 2.82 bits per heavy atom. The third kappa shape index (κ3) is 2.60. The summed E-state index contributed by atoms with van der Waals surface area (Å²) in [6.45, 7) is 0.0638. The highest BCUT2D eigenvalue weighted by Crippen LogP contribution is 2.29. The van der Waals surface area contributed by atoms with Crippen molar-refractivity contribution in [2.45, 2.75) is 6.54 Å². The van der Waals surface area contributed by atoms with Gasteiger partial charge in [0.15, 0.2) is 0 Å². The number of amides is 1.